The number of imide groups is 2. The molecule has 0 aromatic carbocycles. The molecule has 0 saturated carbocycles. The molecule has 1 rings (SSSR count). The maximum absolute atomic E-state index is 11.9. The average molecular weight is 252 g/mol. The Morgan fingerprint density at radius 3 is 1.94 bits per heavy atom. The first-order chi connectivity index (χ1) is 8.50. The van der Waals surface area contributed by atoms with E-state index in [1.165, 1.54) is 5.57 Å². The molecule has 5 heteroatoms. The maximum atomic E-state index is 11.9. The zero-order valence-corrected chi connectivity index (χ0v) is 11.1. The lowest BCUT2D eigenvalue weighted by Crippen LogP contribution is -2.62. The highest BCUT2D eigenvalue weighted by Gasteiger charge is 2.47. The number of urea groups is 1. The van der Waals surface area contributed by atoms with Crippen molar-refractivity contribution in [3.8, 4) is 0 Å². The quantitative estimate of drug-likeness (QED) is 0.579. The van der Waals surface area contributed by atoms with Gasteiger partial charge >= 0.3 is 6.03 Å². The van der Waals surface area contributed by atoms with Crippen LogP contribution in [0.25, 0.3) is 0 Å². The monoisotopic (exact) mass is 252 g/mol. The van der Waals surface area contributed by atoms with Crippen LogP contribution in [0.3, 0.4) is 0 Å². The molecule has 0 spiro atoms. The second kappa shape index (κ2) is 5.80. The number of nitrogens with one attached hydrogen (secondary N) is 2. The molecule has 0 aromatic heterocycles. The summed E-state index contributed by atoms with van der Waals surface area (Å²) < 4.78 is 0. The van der Waals surface area contributed by atoms with Crippen molar-refractivity contribution >= 4 is 17.8 Å². The molecule has 0 unspecified atom stereocenters. The lowest BCUT2D eigenvalue weighted by Gasteiger charge is -2.32. The fraction of sp³-hybridized carbons (Fsp3) is 0.615. The predicted molar refractivity (Wildman–Crippen MR) is 67.7 cm³/mol. The Kier molecular flexibility index (Phi) is 4.64. The van der Waals surface area contributed by atoms with Gasteiger partial charge in [-0.15, -0.1) is 0 Å². The largest absolute Gasteiger partial charge is 0.328 e. The van der Waals surface area contributed by atoms with E-state index in [2.05, 4.69) is 10.6 Å². The van der Waals surface area contributed by atoms with E-state index >= 15 is 0 Å². The van der Waals surface area contributed by atoms with Crippen molar-refractivity contribution in [3.05, 3.63) is 11.6 Å². The third-order valence-electron chi connectivity index (χ3n) is 3.57. The number of carbonyl (C=O) groups is 3. The molecule has 2 N–H and O–H groups in total. The van der Waals surface area contributed by atoms with E-state index in [1.807, 2.05) is 19.9 Å². The summed E-state index contributed by atoms with van der Waals surface area (Å²) in [4.78, 5) is 34.9. The van der Waals surface area contributed by atoms with Gasteiger partial charge in [0.1, 0.15) is 5.41 Å². The fourth-order valence-corrected chi connectivity index (χ4v) is 2.09. The topological polar surface area (TPSA) is 75.3 Å². The molecule has 0 aromatic rings. The van der Waals surface area contributed by atoms with E-state index in [0.717, 1.165) is 12.8 Å². The Morgan fingerprint density at radius 1 is 1.06 bits per heavy atom. The molecule has 5 nitrogen and oxygen atoms in total. The van der Waals surface area contributed by atoms with Gasteiger partial charge in [-0.25, -0.2) is 4.79 Å². The summed E-state index contributed by atoms with van der Waals surface area (Å²) in [6.07, 6.45) is 4.45. The van der Waals surface area contributed by atoms with E-state index in [-0.39, 0.29) is 0 Å². The summed E-state index contributed by atoms with van der Waals surface area (Å²) >= 11 is 0. The van der Waals surface area contributed by atoms with Crippen LogP contribution >= 0.6 is 0 Å². The highest BCUT2D eigenvalue weighted by atomic mass is 16.2. The minimum absolute atomic E-state index is 0.339. The van der Waals surface area contributed by atoms with Crippen molar-refractivity contribution in [2.24, 2.45) is 5.41 Å². The van der Waals surface area contributed by atoms with Crippen molar-refractivity contribution in [1.29, 1.82) is 0 Å². The van der Waals surface area contributed by atoms with Gasteiger partial charge < -0.3 is 0 Å². The van der Waals surface area contributed by atoms with Crippen molar-refractivity contribution in [2.75, 3.05) is 0 Å². The summed E-state index contributed by atoms with van der Waals surface area (Å²) in [5.74, 6) is -0.997. The molecular formula is C13H20N2O3. The summed E-state index contributed by atoms with van der Waals surface area (Å²) in [5, 5.41) is 4.34. The number of hydrogen-bond acceptors (Lipinski definition) is 3. The van der Waals surface area contributed by atoms with Crippen LogP contribution in [-0.4, -0.2) is 17.8 Å². The predicted octanol–water partition coefficient (Wildman–Crippen LogP) is 1.89. The van der Waals surface area contributed by atoms with Crippen LogP contribution in [0.1, 0.15) is 46.5 Å². The van der Waals surface area contributed by atoms with Gasteiger partial charge in [-0.2, -0.15) is 0 Å². The Bertz CT molecular complexity index is 373. The first kappa shape index (κ1) is 14.4. The number of rotatable bonds is 5. The van der Waals surface area contributed by atoms with E-state index < -0.39 is 23.3 Å². The molecule has 1 heterocycles. The summed E-state index contributed by atoms with van der Waals surface area (Å²) in [6.45, 7) is 5.86. The molecule has 1 fully saturated rings. The minimum atomic E-state index is -1.15. The number of amides is 4. The summed E-state index contributed by atoms with van der Waals surface area (Å²) in [7, 11) is 0. The van der Waals surface area contributed by atoms with Crippen LogP contribution in [-0.2, 0) is 9.59 Å². The fourth-order valence-electron chi connectivity index (χ4n) is 2.09. The van der Waals surface area contributed by atoms with Crippen molar-refractivity contribution in [1.82, 2.24) is 10.6 Å². The molecule has 1 aliphatic heterocycles. The van der Waals surface area contributed by atoms with Gasteiger partial charge in [-0.05, 0) is 25.7 Å². The molecule has 1 aliphatic rings. The van der Waals surface area contributed by atoms with E-state index in [4.69, 9.17) is 0 Å². The Balaban J connectivity index is 2.97. The van der Waals surface area contributed by atoms with Crippen LogP contribution in [0.15, 0.2) is 11.6 Å². The molecule has 0 atom stereocenters. The molecule has 0 aliphatic carbocycles. The molecule has 1 saturated heterocycles. The number of barbiturate groups is 1. The van der Waals surface area contributed by atoms with E-state index in [0.29, 0.717) is 12.8 Å². The van der Waals surface area contributed by atoms with Gasteiger partial charge in [0.2, 0.25) is 11.8 Å². The SMILES string of the molecule is CCC(=CCC1(CC)C(=O)NC(=O)NC1=O)CC. The maximum Gasteiger partial charge on any atom is 0.328 e. The molecule has 18 heavy (non-hydrogen) atoms. The summed E-state index contributed by atoms with van der Waals surface area (Å²) in [6, 6.07) is -0.732. The van der Waals surface area contributed by atoms with Crippen LogP contribution in [0, 0.1) is 5.41 Å². The Labute approximate surface area is 107 Å². The molecule has 0 bridgehead atoms. The summed E-state index contributed by atoms with van der Waals surface area (Å²) in [5.41, 5.74) is 0.0593. The van der Waals surface area contributed by atoms with Gasteiger partial charge in [0.25, 0.3) is 0 Å². The van der Waals surface area contributed by atoms with Crippen LogP contribution in [0.5, 0.6) is 0 Å². The second-order valence-corrected chi connectivity index (χ2v) is 4.45. The third kappa shape index (κ3) is 2.60. The van der Waals surface area contributed by atoms with Gasteiger partial charge in [0.15, 0.2) is 0 Å². The lowest BCUT2D eigenvalue weighted by molar-refractivity contribution is -0.144. The average Bonchev–Trinajstić information content (AvgIpc) is 2.33. The van der Waals surface area contributed by atoms with E-state index in [1.54, 1.807) is 6.92 Å². The highest BCUT2D eigenvalue weighted by Crippen LogP contribution is 2.30. The highest BCUT2D eigenvalue weighted by molar-refractivity contribution is 6.19. The van der Waals surface area contributed by atoms with Crippen LogP contribution in [0.4, 0.5) is 4.79 Å². The van der Waals surface area contributed by atoms with Gasteiger partial charge in [-0.1, -0.05) is 32.4 Å². The normalized spacial score (nSPS) is 18.1. The standard InChI is InChI=1S/C13H20N2O3/c1-4-9(5-2)7-8-13(6-3)10(16)14-12(18)15-11(13)17/h7H,4-6,8H2,1-3H3,(H2,14,15,16,17,18). The first-order valence-corrected chi connectivity index (χ1v) is 6.34. The lowest BCUT2D eigenvalue weighted by atomic mass is 9.78. The van der Waals surface area contributed by atoms with Gasteiger partial charge in [-0.3, -0.25) is 20.2 Å². The van der Waals surface area contributed by atoms with Gasteiger partial charge in [0.05, 0.1) is 0 Å². The molecular weight excluding hydrogens is 232 g/mol. The van der Waals surface area contributed by atoms with Crippen molar-refractivity contribution in [3.63, 3.8) is 0 Å². The van der Waals surface area contributed by atoms with Crippen LogP contribution in [0.2, 0.25) is 0 Å². The number of allylic oxidation sites excluding steroid dienone is 2. The molecule has 100 valence electrons. The Hall–Kier alpha value is -1.65. The molecule has 0 radical (unpaired) electrons. The van der Waals surface area contributed by atoms with Crippen LogP contribution < -0.4 is 10.6 Å². The second-order valence-electron chi connectivity index (χ2n) is 4.45. The number of carbonyl (C=O) groups excluding carboxylic acids is 3. The zero-order chi connectivity index (χ0) is 13.8. The molecule has 4 amide bonds. The Morgan fingerprint density at radius 2 is 1.56 bits per heavy atom. The van der Waals surface area contributed by atoms with Crippen molar-refractivity contribution < 1.29 is 14.4 Å². The smallest absolute Gasteiger partial charge is 0.277 e. The van der Waals surface area contributed by atoms with Crippen molar-refractivity contribution in [2.45, 2.75) is 46.5 Å². The number of hydrogen-bond donors (Lipinski definition) is 2. The zero-order valence-electron chi connectivity index (χ0n) is 11.1. The first-order valence-electron chi connectivity index (χ1n) is 6.34. The van der Waals surface area contributed by atoms with Gasteiger partial charge in [0, 0.05) is 0 Å². The third-order valence-corrected chi connectivity index (χ3v) is 3.57. The van der Waals surface area contributed by atoms with E-state index in [9.17, 15) is 14.4 Å². The minimum Gasteiger partial charge on any atom is -0.277 e.